The van der Waals surface area contributed by atoms with Crippen LogP contribution in [-0.2, 0) is 16.4 Å². The van der Waals surface area contributed by atoms with Crippen molar-refractivity contribution in [3.05, 3.63) is 71.7 Å². The number of hydrogen-bond acceptors (Lipinski definition) is 5. The first-order valence-electron chi connectivity index (χ1n) is 9.68. The molecule has 0 saturated heterocycles. The molecule has 0 fully saturated rings. The SMILES string of the molecule is CN(CCCc1cc(-c2ccccc2)no1)C(=O)c1ccc(F)c(S(=O)(=O)N(C)C)c1. The third-order valence-electron chi connectivity index (χ3n) is 4.83. The van der Waals surface area contributed by atoms with Crippen LogP contribution >= 0.6 is 0 Å². The van der Waals surface area contributed by atoms with Gasteiger partial charge in [-0.2, -0.15) is 0 Å². The van der Waals surface area contributed by atoms with E-state index in [0.29, 0.717) is 25.1 Å². The average Bonchev–Trinajstić information content (AvgIpc) is 3.23. The van der Waals surface area contributed by atoms with Gasteiger partial charge in [0.15, 0.2) is 0 Å². The molecule has 0 N–H and O–H groups in total. The van der Waals surface area contributed by atoms with Crippen molar-refractivity contribution in [3.8, 4) is 11.3 Å². The Labute approximate surface area is 181 Å². The fourth-order valence-corrected chi connectivity index (χ4v) is 4.00. The van der Waals surface area contributed by atoms with Crippen molar-refractivity contribution in [1.29, 1.82) is 0 Å². The van der Waals surface area contributed by atoms with Crippen LogP contribution in [-0.4, -0.2) is 56.4 Å². The highest BCUT2D eigenvalue weighted by molar-refractivity contribution is 7.89. The highest BCUT2D eigenvalue weighted by atomic mass is 32.2. The van der Waals surface area contributed by atoms with Crippen molar-refractivity contribution < 1.29 is 22.1 Å². The van der Waals surface area contributed by atoms with Crippen LogP contribution in [0.4, 0.5) is 4.39 Å². The number of carbonyl (C=O) groups excluding carboxylic acids is 1. The Hall–Kier alpha value is -3.04. The molecule has 0 atom stereocenters. The highest BCUT2D eigenvalue weighted by Gasteiger charge is 2.24. The maximum atomic E-state index is 14.1. The molecule has 1 amide bonds. The molecule has 164 valence electrons. The van der Waals surface area contributed by atoms with E-state index in [0.717, 1.165) is 27.7 Å². The monoisotopic (exact) mass is 445 g/mol. The third kappa shape index (κ3) is 5.18. The van der Waals surface area contributed by atoms with E-state index < -0.39 is 26.6 Å². The summed E-state index contributed by atoms with van der Waals surface area (Å²) in [5, 5.41) is 4.07. The molecule has 1 heterocycles. The largest absolute Gasteiger partial charge is 0.361 e. The van der Waals surface area contributed by atoms with Gasteiger partial charge in [0.1, 0.15) is 22.2 Å². The Balaban J connectivity index is 1.62. The standard InChI is InChI=1S/C22H24FN3O4S/c1-25(2)31(28,29)21-14-17(11-12-19(21)23)22(27)26(3)13-7-10-18-15-20(24-30-18)16-8-5-4-6-9-16/h4-6,8-9,11-12,14-15H,7,10,13H2,1-3H3. The number of aryl methyl sites for hydroxylation is 1. The molecule has 1 aromatic heterocycles. The molecule has 2 aromatic carbocycles. The molecule has 31 heavy (non-hydrogen) atoms. The lowest BCUT2D eigenvalue weighted by atomic mass is 10.1. The molecule has 3 rings (SSSR count). The van der Waals surface area contributed by atoms with Gasteiger partial charge in [0.05, 0.1) is 0 Å². The normalized spacial score (nSPS) is 11.6. The lowest BCUT2D eigenvalue weighted by Crippen LogP contribution is -2.29. The van der Waals surface area contributed by atoms with Gasteiger partial charge >= 0.3 is 0 Å². The minimum absolute atomic E-state index is 0.107. The quantitative estimate of drug-likeness (QED) is 0.530. The van der Waals surface area contributed by atoms with Crippen molar-refractivity contribution in [2.24, 2.45) is 0 Å². The zero-order valence-electron chi connectivity index (χ0n) is 17.6. The Morgan fingerprint density at radius 2 is 1.77 bits per heavy atom. The smallest absolute Gasteiger partial charge is 0.253 e. The second kappa shape index (κ2) is 9.40. The zero-order valence-corrected chi connectivity index (χ0v) is 18.4. The molecule has 0 unspecified atom stereocenters. The Morgan fingerprint density at radius 1 is 1.06 bits per heavy atom. The van der Waals surface area contributed by atoms with Crippen LogP contribution in [0.5, 0.6) is 0 Å². The predicted molar refractivity (Wildman–Crippen MR) is 114 cm³/mol. The van der Waals surface area contributed by atoms with Gasteiger partial charge in [0, 0.05) is 51.3 Å². The number of rotatable bonds is 8. The summed E-state index contributed by atoms with van der Waals surface area (Å²) in [7, 11) is 0.233. The Bertz CT molecular complexity index is 1160. The Kier molecular flexibility index (Phi) is 6.87. The second-order valence-electron chi connectivity index (χ2n) is 7.31. The van der Waals surface area contributed by atoms with Crippen LogP contribution in [0.15, 0.2) is 64.0 Å². The van der Waals surface area contributed by atoms with Crippen LogP contribution < -0.4 is 0 Å². The summed E-state index contributed by atoms with van der Waals surface area (Å²) in [6, 6.07) is 14.9. The first-order valence-corrected chi connectivity index (χ1v) is 11.1. The number of amides is 1. The maximum absolute atomic E-state index is 14.1. The molecule has 0 saturated carbocycles. The number of hydrogen-bond donors (Lipinski definition) is 0. The molecular formula is C22H24FN3O4S. The summed E-state index contributed by atoms with van der Waals surface area (Å²) in [4.78, 5) is 13.6. The maximum Gasteiger partial charge on any atom is 0.253 e. The number of nitrogens with zero attached hydrogens (tertiary/aromatic N) is 3. The van der Waals surface area contributed by atoms with Gasteiger partial charge in [-0.1, -0.05) is 35.5 Å². The van der Waals surface area contributed by atoms with Gasteiger partial charge in [0.2, 0.25) is 10.0 Å². The van der Waals surface area contributed by atoms with Crippen molar-refractivity contribution >= 4 is 15.9 Å². The summed E-state index contributed by atoms with van der Waals surface area (Å²) in [5.41, 5.74) is 1.82. The second-order valence-corrected chi connectivity index (χ2v) is 9.43. The van der Waals surface area contributed by atoms with Crippen LogP contribution in [0.25, 0.3) is 11.3 Å². The lowest BCUT2D eigenvalue weighted by molar-refractivity contribution is 0.0792. The molecule has 0 spiro atoms. The van der Waals surface area contributed by atoms with Crippen LogP contribution in [0.2, 0.25) is 0 Å². The summed E-state index contributed by atoms with van der Waals surface area (Å²) in [6.45, 7) is 0.410. The number of halogens is 1. The van der Waals surface area contributed by atoms with E-state index in [4.69, 9.17) is 4.52 Å². The number of benzene rings is 2. The summed E-state index contributed by atoms with van der Waals surface area (Å²) in [5.74, 6) is -0.578. The van der Waals surface area contributed by atoms with Crippen molar-refractivity contribution in [1.82, 2.24) is 14.4 Å². The topological polar surface area (TPSA) is 83.7 Å². The highest BCUT2D eigenvalue weighted by Crippen LogP contribution is 2.21. The molecule has 7 nitrogen and oxygen atoms in total. The van der Waals surface area contributed by atoms with E-state index >= 15 is 0 Å². The average molecular weight is 446 g/mol. The van der Waals surface area contributed by atoms with E-state index in [2.05, 4.69) is 5.16 Å². The van der Waals surface area contributed by atoms with Crippen LogP contribution in [0, 0.1) is 5.82 Å². The number of carbonyl (C=O) groups is 1. The zero-order chi connectivity index (χ0) is 22.6. The fourth-order valence-electron chi connectivity index (χ4n) is 3.02. The first kappa shape index (κ1) is 22.6. The van der Waals surface area contributed by atoms with E-state index in [1.54, 1.807) is 7.05 Å². The van der Waals surface area contributed by atoms with Gasteiger partial charge < -0.3 is 9.42 Å². The van der Waals surface area contributed by atoms with Gasteiger partial charge in [-0.15, -0.1) is 0 Å². The summed E-state index contributed by atoms with van der Waals surface area (Å²) in [6.07, 6.45) is 1.21. The van der Waals surface area contributed by atoms with Crippen LogP contribution in [0.1, 0.15) is 22.5 Å². The number of sulfonamides is 1. The minimum Gasteiger partial charge on any atom is -0.361 e. The molecular weight excluding hydrogens is 421 g/mol. The van der Waals surface area contributed by atoms with Crippen molar-refractivity contribution in [2.75, 3.05) is 27.7 Å². The molecule has 9 heteroatoms. The van der Waals surface area contributed by atoms with Gasteiger partial charge in [-0.3, -0.25) is 4.79 Å². The van der Waals surface area contributed by atoms with Crippen LogP contribution in [0.3, 0.4) is 0 Å². The van der Waals surface area contributed by atoms with Crippen molar-refractivity contribution in [2.45, 2.75) is 17.7 Å². The molecule has 0 bridgehead atoms. The first-order chi connectivity index (χ1) is 14.7. The van der Waals surface area contributed by atoms with Gasteiger partial charge in [-0.25, -0.2) is 17.1 Å². The predicted octanol–water partition coefficient (Wildman–Crippen LogP) is 3.44. The molecule has 3 aromatic rings. The Morgan fingerprint density at radius 3 is 2.45 bits per heavy atom. The molecule has 0 aliphatic rings. The summed E-state index contributed by atoms with van der Waals surface area (Å²) >= 11 is 0. The van der Waals surface area contributed by atoms with Gasteiger partial charge in [-0.05, 0) is 24.6 Å². The van der Waals surface area contributed by atoms with E-state index in [1.165, 1.54) is 25.1 Å². The van der Waals surface area contributed by atoms with E-state index in [1.807, 2.05) is 36.4 Å². The molecule has 0 radical (unpaired) electrons. The summed E-state index contributed by atoms with van der Waals surface area (Å²) < 4.78 is 44.9. The van der Waals surface area contributed by atoms with E-state index in [9.17, 15) is 17.6 Å². The minimum atomic E-state index is -3.99. The molecule has 0 aliphatic heterocycles. The lowest BCUT2D eigenvalue weighted by Gasteiger charge is -2.18. The fraction of sp³-hybridized carbons (Fsp3) is 0.273. The third-order valence-corrected chi connectivity index (χ3v) is 6.66. The van der Waals surface area contributed by atoms with Gasteiger partial charge in [0.25, 0.3) is 5.91 Å². The van der Waals surface area contributed by atoms with E-state index in [-0.39, 0.29) is 5.56 Å². The number of aromatic nitrogens is 1. The molecule has 0 aliphatic carbocycles. The van der Waals surface area contributed by atoms with Crippen molar-refractivity contribution in [3.63, 3.8) is 0 Å².